The molecule has 2 rings (SSSR count). The van der Waals surface area contributed by atoms with Crippen LogP contribution in [0, 0.1) is 0 Å². The molecule has 0 aliphatic rings. The van der Waals surface area contributed by atoms with Crippen molar-refractivity contribution in [3.8, 4) is 0 Å². The fourth-order valence-electron chi connectivity index (χ4n) is 1.42. The predicted molar refractivity (Wildman–Crippen MR) is 78.1 cm³/mol. The van der Waals surface area contributed by atoms with E-state index in [1.807, 2.05) is 0 Å². The van der Waals surface area contributed by atoms with Crippen molar-refractivity contribution in [2.75, 3.05) is 11.1 Å². The van der Waals surface area contributed by atoms with Gasteiger partial charge in [-0.05, 0) is 24.3 Å². The molecule has 98 valence electrons. The van der Waals surface area contributed by atoms with E-state index in [2.05, 4.69) is 10.3 Å². The van der Waals surface area contributed by atoms with Gasteiger partial charge < -0.3 is 11.1 Å². The molecular formula is C12H8Cl3N3O. The summed E-state index contributed by atoms with van der Waals surface area (Å²) in [5.74, 6) is -0.425. The van der Waals surface area contributed by atoms with Gasteiger partial charge in [-0.3, -0.25) is 4.79 Å². The second kappa shape index (κ2) is 5.65. The third-order valence-corrected chi connectivity index (χ3v) is 3.08. The van der Waals surface area contributed by atoms with Crippen molar-refractivity contribution in [1.82, 2.24) is 4.98 Å². The van der Waals surface area contributed by atoms with Crippen molar-refractivity contribution in [3.63, 3.8) is 0 Å². The Kier molecular flexibility index (Phi) is 4.14. The summed E-state index contributed by atoms with van der Waals surface area (Å²) in [6.07, 6.45) is 1.32. The summed E-state index contributed by atoms with van der Waals surface area (Å²) < 4.78 is 0. The van der Waals surface area contributed by atoms with Gasteiger partial charge in [0, 0.05) is 5.02 Å². The number of rotatable bonds is 2. The first kappa shape index (κ1) is 13.9. The minimum Gasteiger partial charge on any atom is -0.397 e. The Hall–Kier alpha value is -1.49. The van der Waals surface area contributed by atoms with Crippen molar-refractivity contribution >= 4 is 52.1 Å². The second-order valence-corrected chi connectivity index (χ2v) is 4.90. The topological polar surface area (TPSA) is 68.0 Å². The molecule has 0 spiro atoms. The van der Waals surface area contributed by atoms with Crippen LogP contribution in [0.3, 0.4) is 0 Å². The summed E-state index contributed by atoms with van der Waals surface area (Å²) in [5.41, 5.74) is 6.56. The number of nitrogen functional groups attached to an aromatic ring is 1. The lowest BCUT2D eigenvalue weighted by molar-refractivity contribution is 0.102. The quantitative estimate of drug-likeness (QED) is 0.826. The Morgan fingerprint density at radius 1 is 1.21 bits per heavy atom. The molecule has 0 fully saturated rings. The first-order valence-corrected chi connectivity index (χ1v) is 6.28. The summed E-state index contributed by atoms with van der Waals surface area (Å²) in [5, 5.41) is 3.62. The number of amides is 1. The minimum atomic E-state index is -0.425. The molecule has 1 amide bonds. The average Bonchev–Trinajstić information content (AvgIpc) is 2.35. The van der Waals surface area contributed by atoms with Crippen molar-refractivity contribution < 1.29 is 4.79 Å². The summed E-state index contributed by atoms with van der Waals surface area (Å²) in [7, 11) is 0. The van der Waals surface area contributed by atoms with Crippen LogP contribution in [-0.4, -0.2) is 10.9 Å². The third-order valence-electron chi connectivity index (χ3n) is 2.33. The number of aromatic nitrogens is 1. The van der Waals surface area contributed by atoms with E-state index in [-0.39, 0.29) is 16.4 Å². The average molecular weight is 317 g/mol. The maximum atomic E-state index is 12.1. The number of halogens is 3. The highest BCUT2D eigenvalue weighted by molar-refractivity contribution is 6.37. The van der Waals surface area contributed by atoms with Gasteiger partial charge in [-0.2, -0.15) is 0 Å². The Balaban J connectivity index is 2.28. The van der Waals surface area contributed by atoms with Crippen LogP contribution in [0.15, 0.2) is 30.5 Å². The van der Waals surface area contributed by atoms with Gasteiger partial charge in [-0.1, -0.05) is 34.8 Å². The van der Waals surface area contributed by atoms with E-state index in [1.165, 1.54) is 18.3 Å². The first-order chi connectivity index (χ1) is 8.97. The fraction of sp³-hybridized carbons (Fsp3) is 0. The molecule has 1 aromatic carbocycles. The maximum absolute atomic E-state index is 12.1. The molecule has 3 N–H and O–H groups in total. The van der Waals surface area contributed by atoms with Gasteiger partial charge in [0.1, 0.15) is 5.15 Å². The zero-order valence-corrected chi connectivity index (χ0v) is 11.7. The Morgan fingerprint density at radius 2 is 1.95 bits per heavy atom. The Morgan fingerprint density at radius 3 is 2.63 bits per heavy atom. The van der Waals surface area contributed by atoms with Crippen molar-refractivity contribution in [1.29, 1.82) is 0 Å². The molecule has 1 heterocycles. The van der Waals surface area contributed by atoms with Gasteiger partial charge in [0.25, 0.3) is 5.91 Å². The van der Waals surface area contributed by atoms with Gasteiger partial charge in [0.2, 0.25) is 0 Å². The Labute approximate surface area is 124 Å². The molecule has 7 heteroatoms. The van der Waals surface area contributed by atoms with Crippen LogP contribution in [0.5, 0.6) is 0 Å². The maximum Gasteiger partial charge on any atom is 0.257 e. The van der Waals surface area contributed by atoms with Crippen molar-refractivity contribution in [2.24, 2.45) is 0 Å². The number of hydrogen-bond donors (Lipinski definition) is 2. The lowest BCUT2D eigenvalue weighted by Crippen LogP contribution is -2.14. The zero-order valence-electron chi connectivity index (χ0n) is 9.45. The number of pyridine rings is 1. The van der Waals surface area contributed by atoms with Gasteiger partial charge in [0.15, 0.2) is 0 Å². The second-order valence-electron chi connectivity index (χ2n) is 3.67. The Bertz CT molecular complexity index is 646. The molecule has 0 unspecified atom stereocenters. The van der Waals surface area contributed by atoms with Gasteiger partial charge >= 0.3 is 0 Å². The van der Waals surface area contributed by atoms with Crippen LogP contribution >= 0.6 is 34.8 Å². The molecule has 2 aromatic rings. The molecule has 4 nitrogen and oxygen atoms in total. The number of carbonyl (C=O) groups is 1. The molecular weight excluding hydrogens is 309 g/mol. The van der Waals surface area contributed by atoms with E-state index in [1.54, 1.807) is 12.1 Å². The van der Waals surface area contributed by atoms with Crippen LogP contribution in [0.25, 0.3) is 0 Å². The summed E-state index contributed by atoms with van der Waals surface area (Å²) in [4.78, 5) is 15.8. The zero-order chi connectivity index (χ0) is 14.0. The molecule has 0 aliphatic heterocycles. The number of anilines is 2. The largest absolute Gasteiger partial charge is 0.397 e. The molecule has 0 atom stereocenters. The van der Waals surface area contributed by atoms with Crippen LogP contribution in [-0.2, 0) is 0 Å². The smallest absolute Gasteiger partial charge is 0.257 e. The molecule has 19 heavy (non-hydrogen) atoms. The lowest BCUT2D eigenvalue weighted by Gasteiger charge is -2.09. The number of nitrogens with one attached hydrogen (secondary N) is 1. The van der Waals surface area contributed by atoms with E-state index < -0.39 is 5.91 Å². The van der Waals surface area contributed by atoms with Gasteiger partial charge in [-0.15, -0.1) is 0 Å². The van der Waals surface area contributed by atoms with E-state index >= 15 is 0 Å². The van der Waals surface area contributed by atoms with Gasteiger partial charge in [-0.25, -0.2) is 4.98 Å². The summed E-state index contributed by atoms with van der Waals surface area (Å²) >= 11 is 17.5. The minimum absolute atomic E-state index is 0.182. The normalized spacial score (nSPS) is 10.3. The summed E-state index contributed by atoms with van der Waals surface area (Å²) in [6, 6.07) is 6.13. The van der Waals surface area contributed by atoms with Gasteiger partial charge in [0.05, 0.1) is 28.2 Å². The summed E-state index contributed by atoms with van der Waals surface area (Å²) in [6.45, 7) is 0. The number of benzene rings is 1. The monoisotopic (exact) mass is 315 g/mol. The fourth-order valence-corrected chi connectivity index (χ4v) is 2.03. The molecule has 0 radical (unpaired) electrons. The number of carbonyl (C=O) groups excluding carboxylic acids is 1. The van der Waals surface area contributed by atoms with Crippen molar-refractivity contribution in [3.05, 3.63) is 51.2 Å². The number of nitrogens with zero attached hydrogens (tertiary/aromatic N) is 1. The number of hydrogen-bond acceptors (Lipinski definition) is 3. The third kappa shape index (κ3) is 3.29. The first-order valence-electron chi connectivity index (χ1n) is 5.15. The number of nitrogens with two attached hydrogens (primary N) is 1. The molecule has 0 saturated carbocycles. The molecule has 1 aromatic heterocycles. The van der Waals surface area contributed by atoms with E-state index in [0.29, 0.717) is 15.7 Å². The van der Waals surface area contributed by atoms with Crippen LogP contribution in [0.2, 0.25) is 15.2 Å². The van der Waals surface area contributed by atoms with E-state index in [0.717, 1.165) is 0 Å². The van der Waals surface area contributed by atoms with Crippen molar-refractivity contribution in [2.45, 2.75) is 0 Å². The highest BCUT2D eigenvalue weighted by Gasteiger charge is 2.13. The van der Waals surface area contributed by atoms with Crippen LogP contribution in [0.1, 0.15) is 10.4 Å². The van der Waals surface area contributed by atoms with E-state index in [4.69, 9.17) is 40.5 Å². The van der Waals surface area contributed by atoms with Crippen LogP contribution < -0.4 is 11.1 Å². The molecule has 0 saturated heterocycles. The molecule has 0 aliphatic carbocycles. The highest BCUT2D eigenvalue weighted by atomic mass is 35.5. The molecule has 0 bridgehead atoms. The van der Waals surface area contributed by atoms with Crippen LogP contribution in [0.4, 0.5) is 11.4 Å². The highest BCUT2D eigenvalue weighted by Crippen LogP contribution is 2.26. The predicted octanol–water partition coefficient (Wildman–Crippen LogP) is 3.88. The SMILES string of the molecule is Nc1cnc(Cl)cc1C(=O)Nc1ccc(Cl)cc1Cl. The lowest BCUT2D eigenvalue weighted by atomic mass is 10.2. The van der Waals surface area contributed by atoms with E-state index in [9.17, 15) is 4.79 Å². The standard InChI is InChI=1S/C12H8Cl3N3O/c13-6-1-2-10(8(14)3-6)18-12(19)7-4-11(15)17-5-9(7)16/h1-5H,16H2,(H,18,19).